The highest BCUT2D eigenvalue weighted by molar-refractivity contribution is 5.92. The lowest BCUT2D eigenvalue weighted by Crippen LogP contribution is -2.32. The predicted molar refractivity (Wildman–Crippen MR) is 110 cm³/mol. The van der Waals surface area contributed by atoms with Gasteiger partial charge in [-0.3, -0.25) is 15.0 Å². The molecule has 10 heteroatoms. The summed E-state index contributed by atoms with van der Waals surface area (Å²) in [6.45, 7) is 2.69. The van der Waals surface area contributed by atoms with Crippen molar-refractivity contribution < 1.29 is 23.9 Å². The SMILES string of the molecule is CCOC(=O)N1Cc2cccc(c2)OCCCCCOc2cc1c([N+](=O)[O-])c(N)n2. The van der Waals surface area contributed by atoms with Gasteiger partial charge < -0.3 is 19.9 Å². The fourth-order valence-corrected chi connectivity index (χ4v) is 3.10. The summed E-state index contributed by atoms with van der Waals surface area (Å²) in [4.78, 5) is 28.9. The van der Waals surface area contributed by atoms with E-state index >= 15 is 0 Å². The zero-order valence-corrected chi connectivity index (χ0v) is 16.7. The third-order valence-corrected chi connectivity index (χ3v) is 4.48. The molecule has 1 aliphatic rings. The molecule has 3 rings (SSSR count). The van der Waals surface area contributed by atoms with Crippen LogP contribution in [0.25, 0.3) is 0 Å². The summed E-state index contributed by atoms with van der Waals surface area (Å²) in [5.41, 5.74) is 6.05. The molecule has 0 saturated carbocycles. The van der Waals surface area contributed by atoms with Gasteiger partial charge in [0.1, 0.15) is 11.4 Å². The first-order chi connectivity index (χ1) is 14.5. The summed E-state index contributed by atoms with van der Waals surface area (Å²) in [5.74, 6) is 0.442. The van der Waals surface area contributed by atoms with Gasteiger partial charge in [0.25, 0.3) is 0 Å². The van der Waals surface area contributed by atoms with Crippen LogP contribution < -0.4 is 20.1 Å². The second-order valence-electron chi connectivity index (χ2n) is 6.66. The molecule has 0 atom stereocenters. The number of benzene rings is 1. The lowest BCUT2D eigenvalue weighted by atomic mass is 10.2. The zero-order chi connectivity index (χ0) is 21.5. The number of nitrogens with two attached hydrogens (primary N) is 1. The van der Waals surface area contributed by atoms with Crippen LogP contribution in [0.2, 0.25) is 0 Å². The molecule has 0 fully saturated rings. The first-order valence-electron chi connectivity index (χ1n) is 9.73. The largest absolute Gasteiger partial charge is 0.494 e. The van der Waals surface area contributed by atoms with Crippen molar-refractivity contribution in [3.8, 4) is 11.6 Å². The topological polar surface area (TPSA) is 130 Å². The van der Waals surface area contributed by atoms with E-state index in [9.17, 15) is 14.9 Å². The summed E-state index contributed by atoms with van der Waals surface area (Å²) in [6.07, 6.45) is 1.74. The number of carbonyl (C=O) groups is 1. The molecular formula is C20H24N4O6. The van der Waals surface area contributed by atoms with Crippen LogP contribution in [0.4, 0.5) is 22.0 Å². The van der Waals surface area contributed by atoms with E-state index in [1.807, 2.05) is 6.07 Å². The molecule has 0 radical (unpaired) electrons. The van der Waals surface area contributed by atoms with Crippen LogP contribution in [-0.4, -0.2) is 35.8 Å². The smallest absolute Gasteiger partial charge is 0.414 e. The number of carbonyl (C=O) groups excluding carboxylic acids is 1. The van der Waals surface area contributed by atoms with Crippen LogP contribution in [0, 0.1) is 10.1 Å². The average Bonchev–Trinajstić information content (AvgIpc) is 2.70. The molecule has 4 bridgehead atoms. The first kappa shape index (κ1) is 21.2. The van der Waals surface area contributed by atoms with Crippen molar-refractivity contribution in [1.29, 1.82) is 0 Å². The number of fused-ring (bicyclic) bond motifs is 4. The lowest BCUT2D eigenvalue weighted by molar-refractivity contribution is -0.383. The standard InChI is InChI=1S/C20H24N4O6/c1-2-28-20(25)23-13-14-7-6-8-15(11-14)29-9-4-3-5-10-30-17-12-16(23)18(24(26)27)19(21)22-17/h6-8,11-12H,2-5,9-10,13H2,1H3,(H2,21,22). The quantitative estimate of drug-likeness (QED) is 0.579. The Morgan fingerprint density at radius 3 is 2.77 bits per heavy atom. The van der Waals surface area contributed by atoms with E-state index in [1.165, 1.54) is 6.07 Å². The van der Waals surface area contributed by atoms with Crippen molar-refractivity contribution in [1.82, 2.24) is 4.98 Å². The zero-order valence-electron chi connectivity index (χ0n) is 16.7. The molecule has 0 unspecified atom stereocenters. The van der Waals surface area contributed by atoms with Crippen LogP contribution in [0.5, 0.6) is 11.6 Å². The predicted octanol–water partition coefficient (Wildman–Crippen LogP) is 3.68. The highest BCUT2D eigenvalue weighted by Crippen LogP contribution is 2.37. The van der Waals surface area contributed by atoms with E-state index in [0.717, 1.165) is 24.2 Å². The normalized spacial score (nSPS) is 14.5. The number of nitrogen functional groups attached to an aromatic ring is 1. The molecule has 2 heterocycles. The summed E-state index contributed by atoms with van der Waals surface area (Å²) in [7, 11) is 0. The van der Waals surface area contributed by atoms with Crippen LogP contribution in [0.3, 0.4) is 0 Å². The minimum atomic E-state index is -0.743. The molecule has 1 amide bonds. The Labute approximate surface area is 173 Å². The van der Waals surface area contributed by atoms with Crippen LogP contribution in [-0.2, 0) is 11.3 Å². The van der Waals surface area contributed by atoms with Crippen molar-refractivity contribution in [2.75, 3.05) is 30.5 Å². The van der Waals surface area contributed by atoms with Gasteiger partial charge >= 0.3 is 11.8 Å². The van der Waals surface area contributed by atoms with Crippen molar-refractivity contribution in [3.05, 3.63) is 46.0 Å². The third kappa shape index (κ3) is 5.07. The molecule has 2 N–H and O–H groups in total. The molecule has 0 saturated heterocycles. The Bertz CT molecular complexity index is 920. The van der Waals surface area contributed by atoms with Gasteiger partial charge in [0.2, 0.25) is 11.7 Å². The molecular weight excluding hydrogens is 392 g/mol. The molecule has 30 heavy (non-hydrogen) atoms. The van der Waals surface area contributed by atoms with Crippen LogP contribution >= 0.6 is 0 Å². The van der Waals surface area contributed by atoms with E-state index in [4.69, 9.17) is 19.9 Å². The number of pyridine rings is 1. The van der Waals surface area contributed by atoms with Gasteiger partial charge in [0.05, 0.1) is 31.3 Å². The van der Waals surface area contributed by atoms with E-state index in [2.05, 4.69) is 4.98 Å². The lowest BCUT2D eigenvalue weighted by Gasteiger charge is -2.23. The first-order valence-corrected chi connectivity index (χ1v) is 9.73. The Morgan fingerprint density at radius 1 is 1.27 bits per heavy atom. The summed E-state index contributed by atoms with van der Waals surface area (Å²) >= 11 is 0. The van der Waals surface area contributed by atoms with Crippen LogP contribution in [0.1, 0.15) is 31.7 Å². The number of ether oxygens (including phenoxy) is 3. The van der Waals surface area contributed by atoms with Gasteiger partial charge in [0.15, 0.2) is 0 Å². The number of hydrogen-bond donors (Lipinski definition) is 1. The Morgan fingerprint density at radius 2 is 2.03 bits per heavy atom. The van der Waals surface area contributed by atoms with Gasteiger partial charge in [-0.1, -0.05) is 12.1 Å². The molecule has 1 aliphatic heterocycles. The minimum Gasteiger partial charge on any atom is -0.494 e. The number of hydrogen-bond acceptors (Lipinski definition) is 8. The monoisotopic (exact) mass is 416 g/mol. The number of nitrogens with zero attached hydrogens (tertiary/aromatic N) is 3. The number of nitro groups is 1. The van der Waals surface area contributed by atoms with Gasteiger partial charge in [-0.15, -0.1) is 0 Å². The van der Waals surface area contributed by atoms with Gasteiger partial charge in [-0.2, -0.15) is 4.98 Å². The van der Waals surface area contributed by atoms with Gasteiger partial charge in [-0.05, 0) is 43.9 Å². The summed E-state index contributed by atoms with van der Waals surface area (Å²) in [5, 5.41) is 11.7. The fourth-order valence-electron chi connectivity index (χ4n) is 3.10. The molecule has 1 aromatic heterocycles. The highest BCUT2D eigenvalue weighted by atomic mass is 16.6. The third-order valence-electron chi connectivity index (χ3n) is 4.48. The molecule has 10 nitrogen and oxygen atoms in total. The molecule has 1 aromatic carbocycles. The summed E-state index contributed by atoms with van der Waals surface area (Å²) in [6, 6.07) is 8.57. The van der Waals surface area contributed by atoms with Gasteiger partial charge in [-0.25, -0.2) is 4.79 Å². The van der Waals surface area contributed by atoms with E-state index in [1.54, 1.807) is 25.1 Å². The molecule has 0 aliphatic carbocycles. The van der Waals surface area contributed by atoms with Crippen molar-refractivity contribution >= 4 is 23.3 Å². The second kappa shape index (κ2) is 9.77. The van der Waals surface area contributed by atoms with Gasteiger partial charge in [0, 0.05) is 6.07 Å². The van der Waals surface area contributed by atoms with E-state index in [0.29, 0.717) is 24.5 Å². The molecule has 0 spiro atoms. The Hall–Kier alpha value is -3.56. The average molecular weight is 416 g/mol. The van der Waals surface area contributed by atoms with Crippen molar-refractivity contribution in [3.63, 3.8) is 0 Å². The number of rotatable bonds is 2. The highest BCUT2D eigenvalue weighted by Gasteiger charge is 2.30. The Balaban J connectivity index is 2.11. The maximum atomic E-state index is 12.7. The molecule has 2 aromatic rings. The maximum absolute atomic E-state index is 12.7. The molecule has 160 valence electrons. The number of amides is 1. The van der Waals surface area contributed by atoms with E-state index < -0.39 is 16.7 Å². The van der Waals surface area contributed by atoms with Crippen molar-refractivity contribution in [2.24, 2.45) is 0 Å². The van der Waals surface area contributed by atoms with Crippen molar-refractivity contribution in [2.45, 2.75) is 32.7 Å². The number of aromatic nitrogens is 1. The van der Waals surface area contributed by atoms with Crippen LogP contribution in [0.15, 0.2) is 30.3 Å². The maximum Gasteiger partial charge on any atom is 0.414 e. The van der Waals surface area contributed by atoms with E-state index in [-0.39, 0.29) is 30.5 Å². The number of anilines is 2. The Kier molecular flexibility index (Phi) is 6.89. The fraction of sp³-hybridized carbons (Fsp3) is 0.400. The minimum absolute atomic E-state index is 0.0137. The second-order valence-corrected chi connectivity index (χ2v) is 6.66. The summed E-state index contributed by atoms with van der Waals surface area (Å²) < 4.78 is 16.6.